The molecule has 0 fully saturated rings. The van der Waals surface area contributed by atoms with Crippen molar-refractivity contribution in [3.05, 3.63) is 93.2 Å². The van der Waals surface area contributed by atoms with Crippen LogP contribution in [0.5, 0.6) is 23.0 Å². The van der Waals surface area contributed by atoms with E-state index in [-0.39, 0.29) is 23.0 Å². The van der Waals surface area contributed by atoms with E-state index < -0.39 is 0 Å². The molecular formula is C44H68O4. The van der Waals surface area contributed by atoms with E-state index in [4.69, 9.17) is 9.47 Å². The first-order valence-corrected chi connectivity index (χ1v) is 18.0. The second-order valence-corrected chi connectivity index (χ2v) is 13.9. The minimum atomic E-state index is 0.00622. The highest BCUT2D eigenvalue weighted by atomic mass is 16.5. The minimum Gasteiger partial charge on any atom is -0.504 e. The predicted octanol–water partition coefficient (Wildman–Crippen LogP) is 13.1. The molecule has 0 amide bonds. The molecule has 48 heavy (non-hydrogen) atoms. The Balaban J connectivity index is 2.40. The van der Waals surface area contributed by atoms with Crippen LogP contribution < -0.4 is 9.47 Å². The maximum absolute atomic E-state index is 10.7. The Labute approximate surface area is 294 Å². The maximum atomic E-state index is 10.7. The molecule has 1 rings (SSSR count). The lowest BCUT2D eigenvalue weighted by Gasteiger charge is -2.17. The molecule has 4 nitrogen and oxygen atoms in total. The Morgan fingerprint density at radius 1 is 0.604 bits per heavy atom. The van der Waals surface area contributed by atoms with E-state index in [1.54, 1.807) is 6.92 Å². The number of benzene rings is 1. The van der Waals surface area contributed by atoms with Gasteiger partial charge in [0.15, 0.2) is 11.5 Å². The SMILES string of the molecule is COc1c(O)c(C)c(C/C=C(\C)CC/C=C(\C)CC/C=C(\C)CC/C=C(\C)C/C=C/C(C)CC/C=C(\C)CCC=C(C)C)c(O)c1OC. The van der Waals surface area contributed by atoms with Crippen LogP contribution in [0.15, 0.2) is 82.0 Å². The molecule has 1 atom stereocenters. The molecule has 0 aromatic heterocycles. The number of allylic oxidation sites excluding steroid dienone is 14. The number of phenolic OH excluding ortho intramolecular Hbond substituents is 2. The highest BCUT2D eigenvalue weighted by Gasteiger charge is 2.22. The lowest BCUT2D eigenvalue weighted by Crippen LogP contribution is -1.98. The van der Waals surface area contributed by atoms with Crippen LogP contribution in [-0.4, -0.2) is 24.4 Å². The van der Waals surface area contributed by atoms with Gasteiger partial charge < -0.3 is 19.7 Å². The normalized spacial score (nSPS) is 14.1. The van der Waals surface area contributed by atoms with Gasteiger partial charge in [-0.25, -0.2) is 0 Å². The molecule has 1 aromatic carbocycles. The molecule has 0 aliphatic rings. The Morgan fingerprint density at radius 3 is 1.54 bits per heavy atom. The number of methoxy groups -OCH3 is 2. The second-order valence-electron chi connectivity index (χ2n) is 13.9. The van der Waals surface area contributed by atoms with Crippen molar-refractivity contribution in [2.45, 2.75) is 139 Å². The van der Waals surface area contributed by atoms with Crippen LogP contribution in [-0.2, 0) is 6.42 Å². The Kier molecular flexibility index (Phi) is 21.2. The number of rotatable bonds is 22. The molecule has 0 bridgehead atoms. The molecule has 2 N–H and O–H groups in total. The number of aromatic hydroxyl groups is 2. The zero-order valence-corrected chi connectivity index (χ0v) is 32.4. The van der Waals surface area contributed by atoms with Crippen LogP contribution in [0.3, 0.4) is 0 Å². The van der Waals surface area contributed by atoms with Crippen LogP contribution in [0.1, 0.15) is 137 Å². The summed E-state index contributed by atoms with van der Waals surface area (Å²) in [6.07, 6.45) is 31.4. The van der Waals surface area contributed by atoms with E-state index in [0.29, 0.717) is 23.5 Å². The maximum Gasteiger partial charge on any atom is 0.207 e. The average molecular weight is 661 g/mol. The zero-order valence-electron chi connectivity index (χ0n) is 32.4. The van der Waals surface area contributed by atoms with E-state index in [0.717, 1.165) is 51.4 Å². The van der Waals surface area contributed by atoms with E-state index in [9.17, 15) is 10.2 Å². The van der Waals surface area contributed by atoms with Crippen LogP contribution in [0.4, 0.5) is 0 Å². The first kappa shape index (κ1) is 42.6. The van der Waals surface area contributed by atoms with Gasteiger partial charge in [0.05, 0.1) is 14.2 Å². The van der Waals surface area contributed by atoms with Crippen molar-refractivity contribution in [2.24, 2.45) is 5.92 Å². The monoisotopic (exact) mass is 661 g/mol. The minimum absolute atomic E-state index is 0.00622. The molecular weight excluding hydrogens is 592 g/mol. The van der Waals surface area contributed by atoms with Gasteiger partial charge in [0.25, 0.3) is 0 Å². The summed E-state index contributed by atoms with van der Waals surface area (Å²) >= 11 is 0. The largest absolute Gasteiger partial charge is 0.504 e. The van der Waals surface area contributed by atoms with Gasteiger partial charge in [-0.1, -0.05) is 89.0 Å². The molecule has 0 heterocycles. The summed E-state index contributed by atoms with van der Waals surface area (Å²) in [6, 6.07) is 0. The fourth-order valence-corrected chi connectivity index (χ4v) is 5.64. The summed E-state index contributed by atoms with van der Waals surface area (Å²) in [5, 5.41) is 21.2. The molecule has 4 heteroatoms. The smallest absolute Gasteiger partial charge is 0.207 e. The Bertz CT molecular complexity index is 1340. The third-order valence-electron chi connectivity index (χ3n) is 9.00. The number of ether oxygens (including phenoxy) is 2. The summed E-state index contributed by atoms with van der Waals surface area (Å²) in [7, 11) is 2.91. The molecule has 0 aliphatic carbocycles. The molecule has 0 saturated heterocycles. The van der Waals surface area contributed by atoms with Crippen LogP contribution in [0, 0.1) is 12.8 Å². The molecule has 1 aromatic rings. The van der Waals surface area contributed by atoms with Gasteiger partial charge in [-0.05, 0) is 138 Å². The lowest BCUT2D eigenvalue weighted by atomic mass is 9.99. The number of phenols is 2. The highest BCUT2D eigenvalue weighted by Crippen LogP contribution is 2.48. The quantitative estimate of drug-likeness (QED) is 0.0960. The highest BCUT2D eigenvalue weighted by molar-refractivity contribution is 5.66. The summed E-state index contributed by atoms with van der Waals surface area (Å²) in [5.74, 6) is 0.974. The van der Waals surface area contributed by atoms with Crippen molar-refractivity contribution in [1.29, 1.82) is 0 Å². The Hall–Kier alpha value is -3.40. The van der Waals surface area contributed by atoms with Gasteiger partial charge in [-0.15, -0.1) is 0 Å². The van der Waals surface area contributed by atoms with Crippen molar-refractivity contribution in [1.82, 2.24) is 0 Å². The number of hydrogen-bond donors (Lipinski definition) is 2. The third kappa shape index (κ3) is 17.1. The number of hydrogen-bond acceptors (Lipinski definition) is 4. The molecule has 1 unspecified atom stereocenters. The Morgan fingerprint density at radius 2 is 1.04 bits per heavy atom. The fourth-order valence-electron chi connectivity index (χ4n) is 5.64. The summed E-state index contributed by atoms with van der Waals surface area (Å²) in [5.41, 5.74) is 9.78. The van der Waals surface area contributed by atoms with Gasteiger partial charge in [0, 0.05) is 11.1 Å². The molecule has 268 valence electrons. The van der Waals surface area contributed by atoms with Gasteiger partial charge >= 0.3 is 0 Å². The summed E-state index contributed by atoms with van der Waals surface area (Å²) < 4.78 is 10.5. The standard InChI is InChI=1S/C44H68O4/c1-32(2)18-12-19-33(3)20-13-21-34(4)22-14-23-35(5)24-15-25-36(6)26-16-27-37(7)28-17-29-38(8)30-31-40-39(9)41(45)43(47-10)44(48-11)42(40)46/h14,18,20,22,24,26,28,30,34,45-46H,12-13,15-17,19,21,23,25,27,29,31H2,1-11H3/b22-14+,33-20+,35-24+,36-26+,37-28+,38-30+. The van der Waals surface area contributed by atoms with Crippen molar-refractivity contribution >= 4 is 0 Å². The molecule has 0 aliphatic heterocycles. The fraction of sp³-hybridized carbons (Fsp3) is 0.545. The van der Waals surface area contributed by atoms with Gasteiger partial charge in [0.1, 0.15) is 0 Å². The van der Waals surface area contributed by atoms with Crippen molar-refractivity contribution in [3.63, 3.8) is 0 Å². The van der Waals surface area contributed by atoms with Gasteiger partial charge in [0.2, 0.25) is 11.5 Å². The van der Waals surface area contributed by atoms with E-state index >= 15 is 0 Å². The van der Waals surface area contributed by atoms with Gasteiger partial charge in [-0.3, -0.25) is 0 Å². The van der Waals surface area contributed by atoms with E-state index in [1.807, 2.05) is 0 Å². The molecule has 0 saturated carbocycles. The second kappa shape index (κ2) is 23.8. The predicted molar refractivity (Wildman–Crippen MR) is 209 cm³/mol. The first-order chi connectivity index (χ1) is 22.8. The van der Waals surface area contributed by atoms with Crippen molar-refractivity contribution in [2.75, 3.05) is 14.2 Å². The van der Waals surface area contributed by atoms with Crippen LogP contribution in [0.25, 0.3) is 0 Å². The van der Waals surface area contributed by atoms with Crippen molar-refractivity contribution < 1.29 is 19.7 Å². The first-order valence-electron chi connectivity index (χ1n) is 18.0. The zero-order chi connectivity index (χ0) is 36.1. The van der Waals surface area contributed by atoms with Crippen LogP contribution >= 0.6 is 0 Å². The van der Waals surface area contributed by atoms with Crippen molar-refractivity contribution in [3.8, 4) is 23.0 Å². The third-order valence-corrected chi connectivity index (χ3v) is 9.00. The van der Waals surface area contributed by atoms with E-state index in [2.05, 4.69) is 104 Å². The van der Waals surface area contributed by atoms with Crippen LogP contribution in [0.2, 0.25) is 0 Å². The van der Waals surface area contributed by atoms with Gasteiger partial charge in [-0.2, -0.15) is 0 Å². The molecule has 0 radical (unpaired) electrons. The van der Waals surface area contributed by atoms with E-state index in [1.165, 1.54) is 66.9 Å². The average Bonchev–Trinajstić information content (AvgIpc) is 3.02. The topological polar surface area (TPSA) is 58.9 Å². The molecule has 0 spiro atoms. The summed E-state index contributed by atoms with van der Waals surface area (Å²) in [6.45, 7) is 19.6. The lowest BCUT2D eigenvalue weighted by molar-refractivity contribution is 0.314. The summed E-state index contributed by atoms with van der Waals surface area (Å²) in [4.78, 5) is 0.